The zero-order valence-electron chi connectivity index (χ0n) is 7.46. The molecule has 2 rings (SSSR count). The van der Waals surface area contributed by atoms with Gasteiger partial charge in [-0.1, -0.05) is 26.0 Å². The van der Waals surface area contributed by atoms with E-state index in [9.17, 15) is 0 Å². The van der Waals surface area contributed by atoms with Crippen LogP contribution in [-0.2, 0) is 0 Å². The SMILES string of the molecule is CC(C)c1ccc2c[nH]cc2c1. The van der Waals surface area contributed by atoms with Crippen molar-refractivity contribution in [2.75, 3.05) is 0 Å². The summed E-state index contributed by atoms with van der Waals surface area (Å²) in [6.45, 7) is 4.43. The molecule has 0 aliphatic heterocycles. The second kappa shape index (κ2) is 2.67. The van der Waals surface area contributed by atoms with Crippen molar-refractivity contribution in [3.63, 3.8) is 0 Å². The van der Waals surface area contributed by atoms with E-state index < -0.39 is 0 Å². The molecule has 0 bridgehead atoms. The van der Waals surface area contributed by atoms with Crippen molar-refractivity contribution >= 4 is 10.8 Å². The maximum atomic E-state index is 3.10. The van der Waals surface area contributed by atoms with E-state index in [1.807, 2.05) is 12.4 Å². The third-order valence-electron chi connectivity index (χ3n) is 2.26. The Kier molecular flexibility index (Phi) is 1.65. The normalized spacial score (nSPS) is 11.2. The molecule has 1 aromatic heterocycles. The molecule has 0 amide bonds. The number of fused-ring (bicyclic) bond motifs is 1. The van der Waals surface area contributed by atoms with Crippen molar-refractivity contribution in [3.05, 3.63) is 36.2 Å². The maximum absolute atomic E-state index is 3.10. The number of nitrogens with one attached hydrogen (secondary N) is 1. The summed E-state index contributed by atoms with van der Waals surface area (Å²) in [4.78, 5) is 3.10. The third kappa shape index (κ3) is 1.11. The Morgan fingerprint density at radius 2 is 1.83 bits per heavy atom. The standard InChI is InChI=1S/C11H13N/c1-8(2)9-3-4-10-6-12-7-11(10)5-9/h3-8,12H,1-2H3. The maximum Gasteiger partial charge on any atom is 0.00844 e. The van der Waals surface area contributed by atoms with Crippen LogP contribution in [0.1, 0.15) is 25.3 Å². The van der Waals surface area contributed by atoms with Crippen LogP contribution in [0.4, 0.5) is 0 Å². The van der Waals surface area contributed by atoms with Gasteiger partial charge in [-0.2, -0.15) is 0 Å². The van der Waals surface area contributed by atoms with Crippen LogP contribution in [-0.4, -0.2) is 4.98 Å². The van der Waals surface area contributed by atoms with Gasteiger partial charge < -0.3 is 4.98 Å². The topological polar surface area (TPSA) is 15.8 Å². The first-order valence-corrected chi connectivity index (χ1v) is 4.34. The minimum atomic E-state index is 0.615. The molecule has 1 N–H and O–H groups in total. The Hall–Kier alpha value is -1.24. The van der Waals surface area contributed by atoms with Crippen molar-refractivity contribution in [1.82, 2.24) is 4.98 Å². The predicted octanol–water partition coefficient (Wildman–Crippen LogP) is 3.29. The smallest absolute Gasteiger partial charge is 0.00844 e. The van der Waals surface area contributed by atoms with Crippen LogP contribution in [0.5, 0.6) is 0 Å². The van der Waals surface area contributed by atoms with Gasteiger partial charge in [-0.15, -0.1) is 0 Å². The number of benzene rings is 1. The average molecular weight is 159 g/mol. The molecule has 1 heteroatoms. The fourth-order valence-electron chi connectivity index (χ4n) is 1.43. The van der Waals surface area contributed by atoms with Gasteiger partial charge in [0.05, 0.1) is 0 Å². The van der Waals surface area contributed by atoms with Gasteiger partial charge in [0.1, 0.15) is 0 Å². The fraction of sp³-hybridized carbons (Fsp3) is 0.273. The molecule has 1 nitrogen and oxygen atoms in total. The quantitative estimate of drug-likeness (QED) is 0.657. The van der Waals surface area contributed by atoms with Gasteiger partial charge in [-0.05, 0) is 28.3 Å². The van der Waals surface area contributed by atoms with E-state index in [1.54, 1.807) is 0 Å². The number of aromatic nitrogens is 1. The monoisotopic (exact) mass is 159 g/mol. The van der Waals surface area contributed by atoms with Crippen LogP contribution in [0, 0.1) is 0 Å². The van der Waals surface area contributed by atoms with Crippen LogP contribution < -0.4 is 0 Å². The largest absolute Gasteiger partial charge is 0.366 e. The molecule has 62 valence electrons. The van der Waals surface area contributed by atoms with Gasteiger partial charge in [0, 0.05) is 12.4 Å². The molecule has 0 spiro atoms. The molecule has 0 fully saturated rings. The predicted molar refractivity (Wildman–Crippen MR) is 52.4 cm³/mol. The van der Waals surface area contributed by atoms with Gasteiger partial charge in [0.2, 0.25) is 0 Å². The van der Waals surface area contributed by atoms with E-state index in [0.29, 0.717) is 5.92 Å². The first-order valence-electron chi connectivity index (χ1n) is 4.34. The Morgan fingerprint density at radius 3 is 2.58 bits per heavy atom. The van der Waals surface area contributed by atoms with Crippen molar-refractivity contribution in [2.45, 2.75) is 19.8 Å². The van der Waals surface area contributed by atoms with Gasteiger partial charge in [0.15, 0.2) is 0 Å². The highest BCUT2D eigenvalue weighted by molar-refractivity contribution is 5.82. The lowest BCUT2D eigenvalue weighted by Gasteiger charge is -2.03. The molecular formula is C11H13N. The lowest BCUT2D eigenvalue weighted by molar-refractivity contribution is 0.869. The Bertz CT molecular complexity index is 385. The molecule has 0 atom stereocenters. The summed E-state index contributed by atoms with van der Waals surface area (Å²) in [7, 11) is 0. The molecular weight excluding hydrogens is 146 g/mol. The number of H-pyrrole nitrogens is 1. The Labute approximate surface area is 72.4 Å². The second-order valence-corrected chi connectivity index (χ2v) is 3.50. The van der Waals surface area contributed by atoms with Gasteiger partial charge in [-0.25, -0.2) is 0 Å². The minimum Gasteiger partial charge on any atom is -0.366 e. The minimum absolute atomic E-state index is 0.615. The number of hydrogen-bond acceptors (Lipinski definition) is 0. The van der Waals surface area contributed by atoms with E-state index in [0.717, 1.165) is 0 Å². The lowest BCUT2D eigenvalue weighted by Crippen LogP contribution is -1.84. The average Bonchev–Trinajstić information content (AvgIpc) is 2.49. The summed E-state index contributed by atoms with van der Waals surface area (Å²) in [6, 6.07) is 6.61. The summed E-state index contributed by atoms with van der Waals surface area (Å²) in [5.74, 6) is 0.615. The summed E-state index contributed by atoms with van der Waals surface area (Å²) in [6.07, 6.45) is 4.07. The molecule has 1 heterocycles. The van der Waals surface area contributed by atoms with E-state index in [2.05, 4.69) is 37.0 Å². The lowest BCUT2D eigenvalue weighted by atomic mass is 10.0. The molecule has 0 saturated heterocycles. The Morgan fingerprint density at radius 1 is 1.08 bits per heavy atom. The first-order chi connectivity index (χ1) is 5.77. The van der Waals surface area contributed by atoms with Gasteiger partial charge in [0.25, 0.3) is 0 Å². The van der Waals surface area contributed by atoms with Gasteiger partial charge in [-0.3, -0.25) is 0 Å². The second-order valence-electron chi connectivity index (χ2n) is 3.50. The number of hydrogen-bond donors (Lipinski definition) is 1. The molecule has 2 aromatic rings. The zero-order chi connectivity index (χ0) is 8.55. The van der Waals surface area contributed by atoms with Crippen LogP contribution >= 0.6 is 0 Å². The molecule has 0 saturated carbocycles. The van der Waals surface area contributed by atoms with Crippen molar-refractivity contribution in [2.24, 2.45) is 0 Å². The summed E-state index contributed by atoms with van der Waals surface area (Å²) < 4.78 is 0. The van der Waals surface area contributed by atoms with E-state index >= 15 is 0 Å². The van der Waals surface area contributed by atoms with Crippen molar-refractivity contribution < 1.29 is 0 Å². The zero-order valence-corrected chi connectivity index (χ0v) is 7.46. The molecule has 1 aromatic carbocycles. The molecule has 0 unspecified atom stereocenters. The van der Waals surface area contributed by atoms with Crippen LogP contribution in [0.2, 0.25) is 0 Å². The fourth-order valence-corrected chi connectivity index (χ4v) is 1.43. The van der Waals surface area contributed by atoms with Crippen LogP contribution in [0.3, 0.4) is 0 Å². The molecule has 0 aliphatic rings. The first kappa shape index (κ1) is 7.41. The summed E-state index contributed by atoms with van der Waals surface area (Å²) in [5, 5.41) is 2.60. The van der Waals surface area contributed by atoms with E-state index in [-0.39, 0.29) is 0 Å². The molecule has 0 radical (unpaired) electrons. The van der Waals surface area contributed by atoms with E-state index in [4.69, 9.17) is 0 Å². The highest BCUT2D eigenvalue weighted by Crippen LogP contribution is 2.20. The molecule has 12 heavy (non-hydrogen) atoms. The van der Waals surface area contributed by atoms with Gasteiger partial charge >= 0.3 is 0 Å². The van der Waals surface area contributed by atoms with Crippen LogP contribution in [0.25, 0.3) is 10.8 Å². The number of rotatable bonds is 1. The van der Waals surface area contributed by atoms with Crippen molar-refractivity contribution in [3.8, 4) is 0 Å². The number of aromatic amines is 1. The molecule has 0 aliphatic carbocycles. The van der Waals surface area contributed by atoms with Crippen LogP contribution in [0.15, 0.2) is 30.6 Å². The van der Waals surface area contributed by atoms with E-state index in [1.165, 1.54) is 16.3 Å². The summed E-state index contributed by atoms with van der Waals surface area (Å²) >= 11 is 0. The van der Waals surface area contributed by atoms with Crippen molar-refractivity contribution in [1.29, 1.82) is 0 Å². The Balaban J connectivity index is 2.60. The highest BCUT2D eigenvalue weighted by Gasteiger charge is 1.99. The highest BCUT2D eigenvalue weighted by atomic mass is 14.6. The third-order valence-corrected chi connectivity index (χ3v) is 2.26. The summed E-state index contributed by atoms with van der Waals surface area (Å²) in [5.41, 5.74) is 1.40.